The lowest BCUT2D eigenvalue weighted by Crippen LogP contribution is -2.51. The van der Waals surface area contributed by atoms with E-state index < -0.39 is 6.29 Å². The number of aliphatic hydroxyl groups is 1. The molecule has 0 saturated carbocycles. The Bertz CT molecular complexity index is 1560. The number of amides is 1. The van der Waals surface area contributed by atoms with Crippen LogP contribution in [0.25, 0.3) is 11.1 Å². The molecule has 3 heterocycles. The molecule has 0 unspecified atom stereocenters. The smallest absolute Gasteiger partial charge is 0.225 e. The first kappa shape index (κ1) is 30.9. The van der Waals surface area contributed by atoms with Gasteiger partial charge in [0, 0.05) is 70.1 Å². The molecule has 2 fully saturated rings. The van der Waals surface area contributed by atoms with Crippen LogP contribution in [0.3, 0.4) is 0 Å². The molecule has 2 aliphatic heterocycles. The lowest BCUT2D eigenvalue weighted by Gasteiger charge is -2.44. The first-order valence-electron chi connectivity index (χ1n) is 15.7. The minimum absolute atomic E-state index is 0.00846. The topological polar surface area (TPSA) is 100 Å². The van der Waals surface area contributed by atoms with E-state index >= 15 is 0 Å². The Hall–Kier alpha value is -4.15. The minimum Gasteiger partial charge on any atom is -0.392 e. The molecule has 1 amide bonds. The quantitative estimate of drug-likeness (QED) is 0.278. The van der Waals surface area contributed by atoms with Crippen molar-refractivity contribution in [1.29, 1.82) is 0 Å². The van der Waals surface area contributed by atoms with Gasteiger partial charge in [-0.2, -0.15) is 0 Å². The standard InChI is InChI=1S/C36H41N5O4/c1-25-33(23-40-16-18-41(19-17-40)36-37-14-5-15-38-36)44-35(45-34(25)29-12-10-27(24-42)11-13-29)32-9-4-8-31(21-32)30-7-3-6-28(20-30)22-39-26(2)43/h3-15,20-21,25,33-35,42H,16-19,22-24H2,1-2H3,(H,39,43)/t25-,33+,34+,35+/m0/s1. The summed E-state index contributed by atoms with van der Waals surface area (Å²) in [6, 6.07) is 26.4. The van der Waals surface area contributed by atoms with Gasteiger partial charge in [0.05, 0.1) is 18.8 Å². The van der Waals surface area contributed by atoms with Gasteiger partial charge in [-0.25, -0.2) is 9.97 Å². The van der Waals surface area contributed by atoms with Gasteiger partial charge in [0.2, 0.25) is 11.9 Å². The molecule has 2 N–H and O–H groups in total. The molecule has 6 rings (SSSR count). The number of ether oxygens (including phenoxy) is 2. The number of rotatable bonds is 9. The molecule has 2 aliphatic rings. The van der Waals surface area contributed by atoms with Gasteiger partial charge in [-0.05, 0) is 46.0 Å². The fraction of sp³-hybridized carbons (Fsp3) is 0.361. The zero-order chi connectivity index (χ0) is 31.2. The highest BCUT2D eigenvalue weighted by atomic mass is 16.7. The number of aliphatic hydroxyl groups excluding tert-OH is 1. The maximum Gasteiger partial charge on any atom is 0.225 e. The van der Waals surface area contributed by atoms with Crippen molar-refractivity contribution in [1.82, 2.24) is 20.2 Å². The van der Waals surface area contributed by atoms with E-state index in [1.54, 1.807) is 12.4 Å². The van der Waals surface area contributed by atoms with E-state index in [1.165, 1.54) is 6.92 Å². The summed E-state index contributed by atoms with van der Waals surface area (Å²) in [6.07, 6.45) is 2.80. The maximum atomic E-state index is 11.4. The second-order valence-corrected chi connectivity index (χ2v) is 11.9. The number of nitrogens with one attached hydrogen (secondary N) is 1. The first-order valence-corrected chi connectivity index (χ1v) is 15.7. The lowest BCUT2D eigenvalue weighted by molar-refractivity contribution is -0.276. The van der Waals surface area contributed by atoms with Crippen LogP contribution in [0.15, 0.2) is 91.3 Å². The number of piperazine rings is 1. The van der Waals surface area contributed by atoms with Gasteiger partial charge in [-0.1, -0.05) is 67.6 Å². The molecule has 0 spiro atoms. The Kier molecular flexibility index (Phi) is 9.81. The summed E-state index contributed by atoms with van der Waals surface area (Å²) < 4.78 is 13.5. The molecular weight excluding hydrogens is 566 g/mol. The summed E-state index contributed by atoms with van der Waals surface area (Å²) >= 11 is 0. The van der Waals surface area contributed by atoms with Crippen LogP contribution in [0.2, 0.25) is 0 Å². The van der Waals surface area contributed by atoms with E-state index in [1.807, 2.05) is 36.4 Å². The number of nitrogens with zero attached hydrogens (tertiary/aromatic N) is 4. The lowest BCUT2D eigenvalue weighted by atomic mass is 9.89. The van der Waals surface area contributed by atoms with Crippen LogP contribution in [0.5, 0.6) is 0 Å². The Labute approximate surface area is 264 Å². The highest BCUT2D eigenvalue weighted by Crippen LogP contribution is 2.42. The van der Waals surface area contributed by atoms with Crippen molar-refractivity contribution in [3.63, 3.8) is 0 Å². The molecule has 1 aromatic heterocycles. The molecule has 9 heteroatoms. The monoisotopic (exact) mass is 607 g/mol. The average Bonchev–Trinajstić information content (AvgIpc) is 3.09. The Morgan fingerprint density at radius 2 is 1.58 bits per heavy atom. The number of carbonyl (C=O) groups is 1. The van der Waals surface area contributed by atoms with Gasteiger partial charge in [-0.3, -0.25) is 9.69 Å². The van der Waals surface area contributed by atoms with E-state index in [-0.39, 0.29) is 30.6 Å². The largest absolute Gasteiger partial charge is 0.392 e. The van der Waals surface area contributed by atoms with Crippen LogP contribution < -0.4 is 10.2 Å². The number of hydrogen-bond acceptors (Lipinski definition) is 8. The van der Waals surface area contributed by atoms with Crippen LogP contribution in [-0.4, -0.2) is 64.7 Å². The number of aromatic nitrogens is 2. The molecule has 0 radical (unpaired) electrons. The fourth-order valence-corrected chi connectivity index (χ4v) is 6.12. The van der Waals surface area contributed by atoms with Crippen LogP contribution in [-0.2, 0) is 27.4 Å². The first-order chi connectivity index (χ1) is 22.0. The summed E-state index contributed by atoms with van der Waals surface area (Å²) in [5.41, 5.74) is 6.07. The van der Waals surface area contributed by atoms with Gasteiger partial charge in [-0.15, -0.1) is 0 Å². The number of anilines is 1. The third kappa shape index (κ3) is 7.57. The maximum absolute atomic E-state index is 11.4. The number of benzene rings is 3. The molecule has 9 nitrogen and oxygen atoms in total. The van der Waals surface area contributed by atoms with E-state index in [9.17, 15) is 9.90 Å². The normalized spacial score (nSPS) is 22.2. The predicted octanol–water partition coefficient (Wildman–Crippen LogP) is 4.89. The highest BCUT2D eigenvalue weighted by Gasteiger charge is 2.39. The summed E-state index contributed by atoms with van der Waals surface area (Å²) in [5.74, 6) is 0.829. The molecular formula is C36H41N5O4. The highest BCUT2D eigenvalue weighted by molar-refractivity contribution is 5.73. The summed E-state index contributed by atoms with van der Waals surface area (Å²) in [4.78, 5) is 25.0. The second-order valence-electron chi connectivity index (χ2n) is 11.9. The average molecular weight is 608 g/mol. The zero-order valence-corrected chi connectivity index (χ0v) is 25.9. The van der Waals surface area contributed by atoms with Gasteiger partial charge in [0.1, 0.15) is 0 Å². The SMILES string of the molecule is CC(=O)NCc1cccc(-c2cccc([C@@H]3O[C@H](CN4CCN(c5ncccn5)CC4)[C@H](C)[C@H](c4ccc(CO)cc4)O3)c2)c1. The van der Waals surface area contributed by atoms with Crippen molar-refractivity contribution in [3.8, 4) is 11.1 Å². The van der Waals surface area contributed by atoms with E-state index in [4.69, 9.17) is 9.47 Å². The van der Waals surface area contributed by atoms with E-state index in [0.717, 1.165) is 72.1 Å². The fourth-order valence-electron chi connectivity index (χ4n) is 6.12. The Morgan fingerprint density at radius 3 is 2.29 bits per heavy atom. The van der Waals surface area contributed by atoms with Crippen molar-refractivity contribution in [2.24, 2.45) is 5.92 Å². The third-order valence-corrected chi connectivity index (χ3v) is 8.73. The summed E-state index contributed by atoms with van der Waals surface area (Å²) in [7, 11) is 0. The van der Waals surface area contributed by atoms with Crippen molar-refractivity contribution in [3.05, 3.63) is 114 Å². The van der Waals surface area contributed by atoms with Crippen LogP contribution in [0, 0.1) is 5.92 Å². The van der Waals surface area contributed by atoms with Gasteiger partial charge in [0.15, 0.2) is 6.29 Å². The number of hydrogen-bond donors (Lipinski definition) is 2. The van der Waals surface area contributed by atoms with Crippen molar-refractivity contribution >= 4 is 11.9 Å². The Morgan fingerprint density at radius 1 is 0.867 bits per heavy atom. The zero-order valence-electron chi connectivity index (χ0n) is 25.9. The van der Waals surface area contributed by atoms with Gasteiger partial charge >= 0.3 is 0 Å². The van der Waals surface area contributed by atoms with Crippen LogP contribution in [0.1, 0.15) is 48.5 Å². The van der Waals surface area contributed by atoms with Crippen molar-refractivity contribution in [2.45, 2.75) is 45.5 Å². The van der Waals surface area contributed by atoms with Crippen LogP contribution >= 0.6 is 0 Å². The molecule has 0 bridgehead atoms. The van der Waals surface area contributed by atoms with Crippen molar-refractivity contribution in [2.75, 3.05) is 37.6 Å². The molecule has 3 aromatic carbocycles. The summed E-state index contributed by atoms with van der Waals surface area (Å²) in [6.45, 7) is 8.54. The molecule has 2 saturated heterocycles. The van der Waals surface area contributed by atoms with E-state index in [0.29, 0.717) is 6.54 Å². The third-order valence-electron chi connectivity index (χ3n) is 8.73. The minimum atomic E-state index is -0.546. The molecule has 45 heavy (non-hydrogen) atoms. The van der Waals surface area contributed by atoms with Gasteiger partial charge < -0.3 is 24.8 Å². The van der Waals surface area contributed by atoms with Crippen LogP contribution in [0.4, 0.5) is 5.95 Å². The molecule has 4 atom stereocenters. The predicted molar refractivity (Wildman–Crippen MR) is 173 cm³/mol. The molecule has 4 aromatic rings. The number of carbonyl (C=O) groups excluding carboxylic acids is 1. The molecule has 0 aliphatic carbocycles. The second kappa shape index (κ2) is 14.3. The Balaban J connectivity index is 1.22. The summed E-state index contributed by atoms with van der Waals surface area (Å²) in [5, 5.41) is 12.5. The van der Waals surface area contributed by atoms with Gasteiger partial charge in [0.25, 0.3) is 0 Å². The van der Waals surface area contributed by atoms with E-state index in [2.05, 4.69) is 74.5 Å². The molecule has 234 valence electrons. The van der Waals surface area contributed by atoms with Crippen molar-refractivity contribution < 1.29 is 19.4 Å².